The van der Waals surface area contributed by atoms with Crippen molar-refractivity contribution in [3.8, 4) is 11.5 Å². The van der Waals surface area contributed by atoms with Gasteiger partial charge in [-0.15, -0.1) is 0 Å². The number of hydrogen-bond acceptors (Lipinski definition) is 4. The number of aromatic hydroxyl groups is 1. The first-order valence-electron chi connectivity index (χ1n) is 5.40. The van der Waals surface area contributed by atoms with Crippen molar-refractivity contribution in [1.29, 1.82) is 0 Å². The molecule has 0 saturated carbocycles. The zero-order valence-electron chi connectivity index (χ0n) is 10.1. The van der Waals surface area contributed by atoms with Crippen molar-refractivity contribution in [2.45, 2.75) is 0 Å². The summed E-state index contributed by atoms with van der Waals surface area (Å²) < 4.78 is 5.81. The van der Waals surface area contributed by atoms with Crippen LogP contribution in [-0.4, -0.2) is 23.1 Å². The van der Waals surface area contributed by atoms with Crippen molar-refractivity contribution in [2.75, 3.05) is 12.4 Å². The van der Waals surface area contributed by atoms with E-state index in [1.807, 2.05) is 0 Å². The van der Waals surface area contributed by atoms with Gasteiger partial charge in [0.05, 0.1) is 12.7 Å². The molecule has 0 bridgehead atoms. The van der Waals surface area contributed by atoms with Crippen LogP contribution in [0.1, 0.15) is 10.4 Å². The summed E-state index contributed by atoms with van der Waals surface area (Å²) in [5.74, 6) is 0.307. The van der Waals surface area contributed by atoms with Crippen molar-refractivity contribution >= 4 is 27.7 Å². The Hall–Kier alpha value is -2.08. The molecule has 0 saturated heterocycles. The van der Waals surface area contributed by atoms with Crippen molar-refractivity contribution < 1.29 is 14.6 Å². The summed E-state index contributed by atoms with van der Waals surface area (Å²) in [5, 5.41) is 12.3. The monoisotopic (exact) mass is 322 g/mol. The van der Waals surface area contributed by atoms with Gasteiger partial charge in [0, 0.05) is 10.7 Å². The van der Waals surface area contributed by atoms with Crippen LogP contribution in [0.15, 0.2) is 41.0 Å². The summed E-state index contributed by atoms with van der Waals surface area (Å²) in [6.07, 6.45) is 1.56. The van der Waals surface area contributed by atoms with Crippen LogP contribution in [0.4, 0.5) is 5.82 Å². The number of nitrogens with one attached hydrogen (secondary N) is 1. The number of aromatic nitrogens is 1. The first-order chi connectivity index (χ1) is 9.10. The van der Waals surface area contributed by atoms with E-state index in [0.717, 1.165) is 4.47 Å². The Morgan fingerprint density at radius 2 is 2.16 bits per heavy atom. The predicted molar refractivity (Wildman–Crippen MR) is 74.5 cm³/mol. The Kier molecular flexibility index (Phi) is 4.01. The molecule has 2 rings (SSSR count). The number of phenols is 1. The number of benzene rings is 1. The van der Waals surface area contributed by atoms with Gasteiger partial charge in [0.1, 0.15) is 17.3 Å². The molecule has 0 fully saturated rings. The van der Waals surface area contributed by atoms with Gasteiger partial charge in [0.25, 0.3) is 5.91 Å². The fourth-order valence-corrected chi connectivity index (χ4v) is 1.82. The minimum Gasteiger partial charge on any atom is -0.507 e. The molecule has 0 atom stereocenters. The second kappa shape index (κ2) is 5.71. The number of rotatable bonds is 3. The molecule has 0 aliphatic heterocycles. The molecule has 1 aromatic heterocycles. The van der Waals surface area contributed by atoms with Crippen LogP contribution in [0.25, 0.3) is 0 Å². The van der Waals surface area contributed by atoms with E-state index in [1.54, 1.807) is 24.4 Å². The minimum absolute atomic E-state index is 0.117. The quantitative estimate of drug-likeness (QED) is 0.911. The third kappa shape index (κ3) is 3.23. The van der Waals surface area contributed by atoms with Gasteiger partial charge in [-0.2, -0.15) is 0 Å². The molecular weight excluding hydrogens is 312 g/mol. The average molecular weight is 323 g/mol. The van der Waals surface area contributed by atoms with E-state index in [4.69, 9.17) is 4.74 Å². The third-order valence-electron chi connectivity index (χ3n) is 2.41. The summed E-state index contributed by atoms with van der Waals surface area (Å²) >= 11 is 3.28. The maximum Gasteiger partial charge on any atom is 0.260 e. The predicted octanol–water partition coefficient (Wildman–Crippen LogP) is 2.81. The molecule has 0 spiro atoms. The number of halogens is 1. The van der Waals surface area contributed by atoms with Crippen molar-refractivity contribution in [1.82, 2.24) is 4.98 Å². The van der Waals surface area contributed by atoms with E-state index < -0.39 is 5.91 Å². The summed E-state index contributed by atoms with van der Waals surface area (Å²) in [4.78, 5) is 16.0. The number of anilines is 1. The highest BCUT2D eigenvalue weighted by Gasteiger charge is 2.13. The molecule has 98 valence electrons. The molecule has 5 nitrogen and oxygen atoms in total. The summed E-state index contributed by atoms with van der Waals surface area (Å²) in [5.41, 5.74) is 0.126. The molecule has 19 heavy (non-hydrogen) atoms. The van der Waals surface area contributed by atoms with Gasteiger partial charge >= 0.3 is 0 Å². The maximum absolute atomic E-state index is 12.0. The Morgan fingerprint density at radius 1 is 1.37 bits per heavy atom. The van der Waals surface area contributed by atoms with E-state index in [0.29, 0.717) is 11.6 Å². The number of pyridine rings is 1. The number of hydrogen-bond donors (Lipinski definition) is 2. The highest BCUT2D eigenvalue weighted by atomic mass is 79.9. The van der Waals surface area contributed by atoms with E-state index in [9.17, 15) is 9.90 Å². The molecule has 0 aliphatic carbocycles. The molecule has 1 heterocycles. The first-order valence-corrected chi connectivity index (χ1v) is 6.19. The lowest BCUT2D eigenvalue weighted by molar-refractivity contribution is 0.102. The molecular formula is C13H11BrN2O3. The third-order valence-corrected chi connectivity index (χ3v) is 2.91. The zero-order chi connectivity index (χ0) is 13.8. The van der Waals surface area contributed by atoms with Crippen LogP contribution in [0.3, 0.4) is 0 Å². The van der Waals surface area contributed by atoms with Gasteiger partial charge in [-0.05, 0) is 30.3 Å². The van der Waals surface area contributed by atoms with Gasteiger partial charge in [0.2, 0.25) is 0 Å². The molecule has 6 heteroatoms. The maximum atomic E-state index is 12.0. The normalized spacial score (nSPS) is 10.0. The van der Waals surface area contributed by atoms with Gasteiger partial charge in [-0.1, -0.05) is 15.9 Å². The number of carbonyl (C=O) groups is 1. The second-order valence-electron chi connectivity index (χ2n) is 3.70. The van der Waals surface area contributed by atoms with Crippen LogP contribution in [0, 0.1) is 0 Å². The van der Waals surface area contributed by atoms with Gasteiger partial charge in [-0.25, -0.2) is 4.98 Å². The topological polar surface area (TPSA) is 71.5 Å². The standard InChI is InChI=1S/C13H11BrN2O3/c1-19-9-2-3-11(17)10(7-9)13(18)16-12-6-8(14)4-5-15-12/h2-7,17H,1H3,(H,15,16,18). The van der Waals surface area contributed by atoms with Crippen molar-refractivity contribution in [3.05, 3.63) is 46.6 Å². The largest absolute Gasteiger partial charge is 0.507 e. The Morgan fingerprint density at radius 3 is 2.84 bits per heavy atom. The van der Waals surface area contributed by atoms with Gasteiger partial charge < -0.3 is 15.2 Å². The molecule has 2 aromatic rings. The van der Waals surface area contributed by atoms with Crippen molar-refractivity contribution in [2.24, 2.45) is 0 Å². The molecule has 0 radical (unpaired) electrons. The van der Waals surface area contributed by atoms with E-state index >= 15 is 0 Å². The number of ether oxygens (including phenoxy) is 1. The van der Waals surface area contributed by atoms with Crippen LogP contribution in [0.2, 0.25) is 0 Å². The molecule has 1 amide bonds. The van der Waals surface area contributed by atoms with Gasteiger partial charge in [0.15, 0.2) is 0 Å². The molecule has 2 N–H and O–H groups in total. The highest BCUT2D eigenvalue weighted by Crippen LogP contribution is 2.24. The van der Waals surface area contributed by atoms with Crippen LogP contribution >= 0.6 is 15.9 Å². The first kappa shape index (κ1) is 13.4. The lowest BCUT2D eigenvalue weighted by atomic mass is 10.1. The Labute approximate surface area is 118 Å². The van der Waals surface area contributed by atoms with Crippen LogP contribution in [-0.2, 0) is 0 Å². The summed E-state index contributed by atoms with van der Waals surface area (Å²) in [7, 11) is 1.49. The molecule has 1 aromatic carbocycles. The summed E-state index contributed by atoms with van der Waals surface area (Å²) in [6.45, 7) is 0. The van der Waals surface area contributed by atoms with E-state index in [1.165, 1.54) is 19.2 Å². The number of phenolic OH excluding ortho intramolecular Hbond substituents is 1. The zero-order valence-corrected chi connectivity index (χ0v) is 11.6. The Balaban J connectivity index is 2.25. The Bertz CT molecular complexity index is 617. The van der Waals surface area contributed by atoms with E-state index in [2.05, 4.69) is 26.2 Å². The molecule has 0 aliphatic rings. The van der Waals surface area contributed by atoms with Crippen molar-refractivity contribution in [3.63, 3.8) is 0 Å². The van der Waals surface area contributed by atoms with Gasteiger partial charge in [-0.3, -0.25) is 4.79 Å². The fraction of sp³-hybridized carbons (Fsp3) is 0.0769. The van der Waals surface area contributed by atoms with E-state index in [-0.39, 0.29) is 11.3 Å². The average Bonchev–Trinajstić information content (AvgIpc) is 2.39. The number of nitrogens with zero attached hydrogens (tertiary/aromatic N) is 1. The fourth-order valence-electron chi connectivity index (χ4n) is 1.48. The minimum atomic E-state index is -0.456. The molecule has 0 unspecified atom stereocenters. The lowest BCUT2D eigenvalue weighted by Crippen LogP contribution is -2.13. The number of methoxy groups -OCH3 is 1. The lowest BCUT2D eigenvalue weighted by Gasteiger charge is -2.08. The van der Waals surface area contributed by atoms with Crippen LogP contribution < -0.4 is 10.1 Å². The second-order valence-corrected chi connectivity index (χ2v) is 4.61. The smallest absolute Gasteiger partial charge is 0.260 e. The SMILES string of the molecule is COc1ccc(O)c(C(=O)Nc2cc(Br)ccn2)c1. The summed E-state index contributed by atoms with van der Waals surface area (Å²) in [6, 6.07) is 7.85. The highest BCUT2D eigenvalue weighted by molar-refractivity contribution is 9.10. The number of amides is 1. The van der Waals surface area contributed by atoms with Crippen LogP contribution in [0.5, 0.6) is 11.5 Å². The number of carbonyl (C=O) groups excluding carboxylic acids is 1.